The maximum absolute atomic E-state index is 12.1. The molecule has 2 amide bonds. The number of rotatable bonds is 2. The number of piperidine rings is 1. The van der Waals surface area contributed by atoms with Gasteiger partial charge in [0.2, 0.25) is 0 Å². The van der Waals surface area contributed by atoms with Crippen LogP contribution in [0.4, 0.5) is 4.79 Å². The van der Waals surface area contributed by atoms with Crippen LogP contribution >= 0.6 is 0 Å². The van der Waals surface area contributed by atoms with E-state index in [9.17, 15) is 4.79 Å². The second-order valence-electron chi connectivity index (χ2n) is 5.51. The van der Waals surface area contributed by atoms with E-state index >= 15 is 0 Å². The molecule has 0 radical (unpaired) electrons. The number of likely N-dealkylation sites (tertiary alicyclic amines) is 1. The highest BCUT2D eigenvalue weighted by molar-refractivity contribution is 5.74. The van der Waals surface area contributed by atoms with Gasteiger partial charge >= 0.3 is 6.03 Å². The minimum atomic E-state index is -0.145. The first kappa shape index (κ1) is 15.4. The molecule has 0 saturated carbocycles. The van der Waals surface area contributed by atoms with Crippen LogP contribution < -0.4 is 5.32 Å². The van der Waals surface area contributed by atoms with E-state index in [1.807, 2.05) is 29.2 Å². The molecule has 1 unspecified atom stereocenters. The zero-order valence-corrected chi connectivity index (χ0v) is 12.4. The lowest BCUT2D eigenvalue weighted by atomic mass is 10.0. The molecule has 1 aromatic rings. The van der Waals surface area contributed by atoms with Gasteiger partial charge in [-0.15, -0.1) is 0 Å². The molecule has 0 aliphatic carbocycles. The number of nitrogens with zero attached hydrogens (tertiary/aromatic N) is 1. The Kier molecular flexibility index (Phi) is 5.65. The van der Waals surface area contributed by atoms with E-state index in [1.54, 1.807) is 0 Å². The summed E-state index contributed by atoms with van der Waals surface area (Å²) in [6.07, 6.45) is 2.29. The van der Waals surface area contributed by atoms with Gasteiger partial charge in [0.1, 0.15) is 6.61 Å². The number of benzene rings is 1. The number of amides is 2. The summed E-state index contributed by atoms with van der Waals surface area (Å²) in [5.74, 6) is 6.08. The minimum Gasteiger partial charge on any atom is -0.384 e. The van der Waals surface area contributed by atoms with E-state index in [0.29, 0.717) is 12.5 Å². The molecule has 21 heavy (non-hydrogen) atoms. The van der Waals surface area contributed by atoms with Crippen molar-refractivity contribution in [3.8, 4) is 11.8 Å². The SMILES string of the molecule is CC1CCCN(C(=O)NCc2cccc(C#CCO)c2)C1. The number of hydrogen-bond acceptors (Lipinski definition) is 2. The third kappa shape index (κ3) is 4.80. The van der Waals surface area contributed by atoms with E-state index in [4.69, 9.17) is 5.11 Å². The summed E-state index contributed by atoms with van der Waals surface area (Å²) in [6, 6.07) is 7.70. The molecule has 1 aliphatic rings. The van der Waals surface area contributed by atoms with Gasteiger partial charge in [-0.2, -0.15) is 0 Å². The summed E-state index contributed by atoms with van der Waals surface area (Å²) < 4.78 is 0. The highest BCUT2D eigenvalue weighted by Gasteiger charge is 2.20. The van der Waals surface area contributed by atoms with Gasteiger partial charge in [-0.05, 0) is 36.5 Å². The van der Waals surface area contributed by atoms with E-state index < -0.39 is 0 Å². The van der Waals surface area contributed by atoms with Gasteiger partial charge in [-0.25, -0.2) is 4.79 Å². The van der Waals surface area contributed by atoms with Crippen molar-refractivity contribution in [2.45, 2.75) is 26.3 Å². The van der Waals surface area contributed by atoms with Gasteiger partial charge in [0.05, 0.1) is 0 Å². The molecular weight excluding hydrogens is 264 g/mol. The van der Waals surface area contributed by atoms with Crippen molar-refractivity contribution in [2.75, 3.05) is 19.7 Å². The summed E-state index contributed by atoms with van der Waals surface area (Å²) in [5.41, 5.74) is 1.86. The van der Waals surface area contributed by atoms with Crippen molar-refractivity contribution in [3.63, 3.8) is 0 Å². The van der Waals surface area contributed by atoms with Crippen LogP contribution in [0.3, 0.4) is 0 Å². The molecule has 4 heteroatoms. The predicted molar refractivity (Wildman–Crippen MR) is 82.6 cm³/mol. The first-order valence-electron chi connectivity index (χ1n) is 7.40. The molecule has 112 valence electrons. The maximum Gasteiger partial charge on any atom is 0.317 e. The standard InChI is InChI=1S/C17H22N2O2/c1-14-5-3-9-19(13-14)17(21)18-12-16-7-2-6-15(11-16)8-4-10-20/h2,6-7,11,14,20H,3,5,9-10,12-13H2,1H3,(H,18,21). The van der Waals surface area contributed by atoms with Crippen LogP contribution in [0.15, 0.2) is 24.3 Å². The van der Waals surface area contributed by atoms with Gasteiger partial charge < -0.3 is 15.3 Å². The Morgan fingerprint density at radius 3 is 3.14 bits per heavy atom. The van der Waals surface area contributed by atoms with E-state index in [-0.39, 0.29) is 12.6 Å². The van der Waals surface area contributed by atoms with Crippen molar-refractivity contribution < 1.29 is 9.90 Å². The number of aliphatic hydroxyl groups excluding tert-OH is 1. The quantitative estimate of drug-likeness (QED) is 0.817. The Bertz CT molecular complexity index is 545. The normalized spacial score (nSPS) is 17.8. The second-order valence-corrected chi connectivity index (χ2v) is 5.51. The molecule has 1 aromatic carbocycles. The molecular formula is C17H22N2O2. The number of hydrogen-bond donors (Lipinski definition) is 2. The van der Waals surface area contributed by atoms with Gasteiger partial charge in [0, 0.05) is 25.2 Å². The number of nitrogens with one attached hydrogen (secondary N) is 1. The van der Waals surface area contributed by atoms with Crippen LogP contribution in [0.25, 0.3) is 0 Å². The van der Waals surface area contributed by atoms with E-state index in [1.165, 1.54) is 6.42 Å². The smallest absolute Gasteiger partial charge is 0.317 e. The molecule has 0 bridgehead atoms. The number of urea groups is 1. The fourth-order valence-corrected chi connectivity index (χ4v) is 2.56. The van der Waals surface area contributed by atoms with Crippen LogP contribution in [0.1, 0.15) is 30.9 Å². The van der Waals surface area contributed by atoms with Crippen LogP contribution in [0, 0.1) is 17.8 Å². The van der Waals surface area contributed by atoms with Gasteiger partial charge in [-0.1, -0.05) is 30.9 Å². The van der Waals surface area contributed by atoms with Crippen molar-refractivity contribution >= 4 is 6.03 Å². The maximum atomic E-state index is 12.1. The summed E-state index contributed by atoms with van der Waals surface area (Å²) >= 11 is 0. The molecule has 1 fully saturated rings. The van der Waals surface area contributed by atoms with Crippen molar-refractivity contribution in [3.05, 3.63) is 35.4 Å². The third-order valence-corrected chi connectivity index (χ3v) is 3.63. The summed E-state index contributed by atoms with van der Waals surface area (Å²) in [5, 5.41) is 11.7. The lowest BCUT2D eigenvalue weighted by molar-refractivity contribution is 0.169. The fraction of sp³-hybridized carbons (Fsp3) is 0.471. The van der Waals surface area contributed by atoms with Crippen LogP contribution in [0.2, 0.25) is 0 Å². The third-order valence-electron chi connectivity index (χ3n) is 3.63. The lowest BCUT2D eigenvalue weighted by Gasteiger charge is -2.30. The average molecular weight is 286 g/mol. The first-order chi connectivity index (χ1) is 10.2. The molecule has 2 rings (SSSR count). The lowest BCUT2D eigenvalue weighted by Crippen LogP contribution is -2.44. The van der Waals surface area contributed by atoms with Gasteiger partial charge in [0.25, 0.3) is 0 Å². The Balaban J connectivity index is 1.89. The first-order valence-corrected chi connectivity index (χ1v) is 7.40. The Hall–Kier alpha value is -1.99. The van der Waals surface area contributed by atoms with Crippen molar-refractivity contribution in [1.29, 1.82) is 0 Å². The molecule has 0 aromatic heterocycles. The molecule has 1 heterocycles. The highest BCUT2D eigenvalue weighted by Crippen LogP contribution is 2.15. The Morgan fingerprint density at radius 1 is 1.52 bits per heavy atom. The second kappa shape index (κ2) is 7.70. The predicted octanol–water partition coefficient (Wildman–Crippen LogP) is 1.97. The summed E-state index contributed by atoms with van der Waals surface area (Å²) in [6.45, 7) is 4.22. The fourth-order valence-electron chi connectivity index (χ4n) is 2.56. The largest absolute Gasteiger partial charge is 0.384 e. The minimum absolute atomic E-state index is 0.00777. The monoisotopic (exact) mass is 286 g/mol. The molecule has 4 nitrogen and oxygen atoms in total. The zero-order valence-electron chi connectivity index (χ0n) is 12.4. The molecule has 1 saturated heterocycles. The Labute approximate surface area is 126 Å². The topological polar surface area (TPSA) is 52.6 Å². The number of aliphatic hydroxyl groups is 1. The average Bonchev–Trinajstić information content (AvgIpc) is 2.51. The van der Waals surface area contributed by atoms with E-state index in [2.05, 4.69) is 24.1 Å². The zero-order chi connectivity index (χ0) is 15.1. The van der Waals surface area contributed by atoms with Crippen molar-refractivity contribution in [1.82, 2.24) is 10.2 Å². The van der Waals surface area contributed by atoms with Crippen LogP contribution in [0.5, 0.6) is 0 Å². The molecule has 1 atom stereocenters. The van der Waals surface area contributed by atoms with Gasteiger partial charge in [0.15, 0.2) is 0 Å². The number of carbonyl (C=O) groups is 1. The summed E-state index contributed by atoms with van der Waals surface area (Å²) in [4.78, 5) is 14.0. The molecule has 0 spiro atoms. The van der Waals surface area contributed by atoms with Crippen LogP contribution in [-0.4, -0.2) is 35.7 Å². The Morgan fingerprint density at radius 2 is 2.38 bits per heavy atom. The van der Waals surface area contributed by atoms with E-state index in [0.717, 1.165) is 30.6 Å². The molecule has 2 N–H and O–H groups in total. The highest BCUT2D eigenvalue weighted by atomic mass is 16.2. The van der Waals surface area contributed by atoms with Crippen LogP contribution in [-0.2, 0) is 6.54 Å². The summed E-state index contributed by atoms with van der Waals surface area (Å²) in [7, 11) is 0. The number of carbonyl (C=O) groups excluding carboxylic acids is 1. The molecule has 1 aliphatic heterocycles. The van der Waals surface area contributed by atoms with Crippen molar-refractivity contribution in [2.24, 2.45) is 5.92 Å². The van der Waals surface area contributed by atoms with Gasteiger partial charge in [-0.3, -0.25) is 0 Å².